The lowest BCUT2D eigenvalue weighted by Crippen LogP contribution is -2.43. The molecule has 0 spiro atoms. The van der Waals surface area contributed by atoms with Gasteiger partial charge in [-0.1, -0.05) is 38.3 Å². The van der Waals surface area contributed by atoms with Gasteiger partial charge in [-0.25, -0.2) is 0 Å². The zero-order valence-corrected chi connectivity index (χ0v) is 14.3. The summed E-state index contributed by atoms with van der Waals surface area (Å²) in [6.45, 7) is 6.24. The minimum atomic E-state index is -0.233. The van der Waals surface area contributed by atoms with Crippen LogP contribution in [-0.2, 0) is 9.59 Å². The lowest BCUT2D eigenvalue weighted by atomic mass is 9.88. The summed E-state index contributed by atoms with van der Waals surface area (Å²) in [6, 6.07) is 1.66. The largest absolute Gasteiger partial charge is 0.360 e. The first-order chi connectivity index (χ1) is 11.0. The summed E-state index contributed by atoms with van der Waals surface area (Å²) in [5, 5.41) is 6.43. The number of aromatic nitrogens is 1. The average molecular weight is 321 g/mol. The number of anilines is 1. The topological polar surface area (TPSA) is 75.4 Å². The van der Waals surface area contributed by atoms with E-state index in [4.69, 9.17) is 4.52 Å². The van der Waals surface area contributed by atoms with Crippen molar-refractivity contribution >= 4 is 17.6 Å². The summed E-state index contributed by atoms with van der Waals surface area (Å²) in [7, 11) is 0. The third kappa shape index (κ3) is 5.37. The summed E-state index contributed by atoms with van der Waals surface area (Å²) < 4.78 is 4.93. The van der Waals surface area contributed by atoms with Crippen molar-refractivity contribution in [3.8, 4) is 0 Å². The van der Waals surface area contributed by atoms with E-state index in [0.29, 0.717) is 24.0 Å². The molecule has 6 nitrogen and oxygen atoms in total. The summed E-state index contributed by atoms with van der Waals surface area (Å²) >= 11 is 0. The van der Waals surface area contributed by atoms with E-state index in [1.54, 1.807) is 17.9 Å². The maximum atomic E-state index is 12.4. The van der Waals surface area contributed by atoms with E-state index in [0.717, 1.165) is 12.8 Å². The van der Waals surface area contributed by atoms with Crippen molar-refractivity contribution in [1.82, 2.24) is 10.1 Å². The molecule has 1 aromatic heterocycles. The highest BCUT2D eigenvalue weighted by atomic mass is 16.5. The molecule has 1 N–H and O–H groups in total. The molecule has 1 aromatic rings. The molecule has 128 valence electrons. The van der Waals surface area contributed by atoms with Gasteiger partial charge in [-0.3, -0.25) is 9.59 Å². The van der Waals surface area contributed by atoms with Crippen molar-refractivity contribution < 1.29 is 14.1 Å². The lowest BCUT2D eigenvalue weighted by molar-refractivity contribution is -0.138. The minimum absolute atomic E-state index is 0.0297. The summed E-state index contributed by atoms with van der Waals surface area (Å²) in [5.41, 5.74) is 0. The Bertz CT molecular complexity index is 533. The first kappa shape index (κ1) is 17.5. The Kier molecular flexibility index (Phi) is 6.19. The molecule has 1 aliphatic rings. The fraction of sp³-hybridized carbons (Fsp3) is 0.706. The van der Waals surface area contributed by atoms with Crippen molar-refractivity contribution in [3.05, 3.63) is 11.8 Å². The summed E-state index contributed by atoms with van der Waals surface area (Å²) in [5.74, 6) is 1.22. The van der Waals surface area contributed by atoms with Crippen LogP contribution in [0.1, 0.15) is 51.7 Å². The molecule has 0 unspecified atom stereocenters. The monoisotopic (exact) mass is 321 g/mol. The molecule has 0 radical (unpaired) electrons. The van der Waals surface area contributed by atoms with Crippen molar-refractivity contribution in [2.45, 2.75) is 52.9 Å². The second-order valence-electron chi connectivity index (χ2n) is 6.75. The van der Waals surface area contributed by atoms with Gasteiger partial charge < -0.3 is 14.7 Å². The Morgan fingerprint density at radius 2 is 2.04 bits per heavy atom. The van der Waals surface area contributed by atoms with Gasteiger partial charge in [0.05, 0.1) is 6.54 Å². The summed E-state index contributed by atoms with van der Waals surface area (Å²) in [6.07, 6.45) is 6.01. The Hall–Kier alpha value is -1.85. The van der Waals surface area contributed by atoms with Crippen LogP contribution in [0.15, 0.2) is 10.6 Å². The predicted molar refractivity (Wildman–Crippen MR) is 87.9 cm³/mol. The molecule has 0 aromatic carbocycles. The number of carbonyl (C=O) groups is 2. The zero-order valence-electron chi connectivity index (χ0n) is 14.3. The van der Waals surface area contributed by atoms with Gasteiger partial charge >= 0.3 is 0 Å². The van der Waals surface area contributed by atoms with Crippen LogP contribution in [0, 0.1) is 18.8 Å². The predicted octanol–water partition coefficient (Wildman–Crippen LogP) is 2.99. The second-order valence-corrected chi connectivity index (χ2v) is 6.75. The van der Waals surface area contributed by atoms with Gasteiger partial charge in [0.15, 0.2) is 5.82 Å². The van der Waals surface area contributed by atoms with E-state index < -0.39 is 0 Å². The van der Waals surface area contributed by atoms with Gasteiger partial charge in [0.1, 0.15) is 5.76 Å². The second kappa shape index (κ2) is 8.13. The third-order valence-corrected chi connectivity index (χ3v) is 4.24. The molecule has 23 heavy (non-hydrogen) atoms. The van der Waals surface area contributed by atoms with Crippen LogP contribution in [0.5, 0.6) is 0 Å². The molecule has 2 amide bonds. The number of nitrogens with zero attached hydrogens (tertiary/aromatic N) is 2. The van der Waals surface area contributed by atoms with E-state index >= 15 is 0 Å². The molecule has 1 saturated carbocycles. The van der Waals surface area contributed by atoms with Crippen LogP contribution in [0.3, 0.4) is 0 Å². The van der Waals surface area contributed by atoms with Crippen LogP contribution in [0.4, 0.5) is 5.82 Å². The van der Waals surface area contributed by atoms with Crippen LogP contribution >= 0.6 is 0 Å². The number of hydrogen-bond acceptors (Lipinski definition) is 4. The van der Waals surface area contributed by atoms with Crippen molar-refractivity contribution in [1.29, 1.82) is 0 Å². The quantitative estimate of drug-likeness (QED) is 0.874. The number of hydrogen-bond donors (Lipinski definition) is 1. The molecule has 1 fully saturated rings. The standard InChI is InChI=1S/C17H27N3O3/c1-12(2)17(22)20(10-14-7-5-4-6-8-14)11-16(21)18-15-9-13(3)23-19-15/h9,12,14H,4-8,10-11H2,1-3H3,(H,18,19,21). The maximum absolute atomic E-state index is 12.4. The molecule has 1 heterocycles. The smallest absolute Gasteiger partial charge is 0.245 e. The first-order valence-electron chi connectivity index (χ1n) is 8.47. The molecule has 0 atom stereocenters. The molecule has 0 aliphatic heterocycles. The van der Waals surface area contributed by atoms with Crippen molar-refractivity contribution in [2.75, 3.05) is 18.4 Å². The van der Waals surface area contributed by atoms with Crippen LogP contribution in [-0.4, -0.2) is 35.0 Å². The average Bonchev–Trinajstić information content (AvgIpc) is 2.91. The van der Waals surface area contributed by atoms with Gasteiger partial charge in [0, 0.05) is 18.5 Å². The van der Waals surface area contributed by atoms with Crippen LogP contribution < -0.4 is 5.32 Å². The zero-order chi connectivity index (χ0) is 16.8. The van der Waals surface area contributed by atoms with E-state index in [2.05, 4.69) is 10.5 Å². The molecule has 0 bridgehead atoms. The van der Waals surface area contributed by atoms with Gasteiger partial charge in [0.25, 0.3) is 0 Å². The molecular weight excluding hydrogens is 294 g/mol. The normalized spacial score (nSPS) is 15.7. The van der Waals surface area contributed by atoms with Gasteiger partial charge in [-0.15, -0.1) is 0 Å². The highest BCUT2D eigenvalue weighted by Gasteiger charge is 2.24. The summed E-state index contributed by atoms with van der Waals surface area (Å²) in [4.78, 5) is 26.3. The van der Waals surface area contributed by atoms with Gasteiger partial charge in [0.2, 0.25) is 11.8 Å². The van der Waals surface area contributed by atoms with Crippen molar-refractivity contribution in [2.24, 2.45) is 11.8 Å². The van der Waals surface area contributed by atoms with Crippen LogP contribution in [0.2, 0.25) is 0 Å². The number of aryl methyl sites for hydroxylation is 1. The Balaban J connectivity index is 1.95. The highest BCUT2D eigenvalue weighted by molar-refractivity contribution is 5.94. The van der Waals surface area contributed by atoms with Gasteiger partial charge in [-0.2, -0.15) is 0 Å². The SMILES string of the molecule is Cc1cc(NC(=O)CN(CC2CCCCC2)C(=O)C(C)C)no1. The number of rotatable bonds is 6. The first-order valence-corrected chi connectivity index (χ1v) is 8.47. The van der Waals surface area contributed by atoms with Crippen LogP contribution in [0.25, 0.3) is 0 Å². The molecule has 1 aliphatic carbocycles. The number of carbonyl (C=O) groups excluding carboxylic acids is 2. The van der Waals surface area contributed by atoms with Crippen molar-refractivity contribution in [3.63, 3.8) is 0 Å². The molecule has 0 saturated heterocycles. The number of amides is 2. The van der Waals surface area contributed by atoms with E-state index in [1.807, 2.05) is 13.8 Å². The molecular formula is C17H27N3O3. The van der Waals surface area contributed by atoms with E-state index in [9.17, 15) is 9.59 Å². The lowest BCUT2D eigenvalue weighted by Gasteiger charge is -2.30. The van der Waals surface area contributed by atoms with E-state index in [-0.39, 0.29) is 24.3 Å². The van der Waals surface area contributed by atoms with E-state index in [1.165, 1.54) is 19.3 Å². The molecule has 6 heteroatoms. The molecule has 2 rings (SSSR count). The maximum Gasteiger partial charge on any atom is 0.245 e. The Labute approximate surface area is 137 Å². The fourth-order valence-electron chi connectivity index (χ4n) is 3.06. The Morgan fingerprint density at radius 1 is 1.35 bits per heavy atom. The fourth-order valence-corrected chi connectivity index (χ4v) is 3.06. The number of nitrogens with one attached hydrogen (secondary N) is 1. The Morgan fingerprint density at radius 3 is 2.61 bits per heavy atom. The third-order valence-electron chi connectivity index (χ3n) is 4.24. The minimum Gasteiger partial charge on any atom is -0.360 e. The van der Waals surface area contributed by atoms with Gasteiger partial charge in [-0.05, 0) is 25.7 Å². The highest BCUT2D eigenvalue weighted by Crippen LogP contribution is 2.25.